The van der Waals surface area contributed by atoms with E-state index in [0.29, 0.717) is 0 Å². The zero-order valence-electron chi connectivity index (χ0n) is 11.8. The summed E-state index contributed by atoms with van der Waals surface area (Å²) in [4.78, 5) is 33.2. The van der Waals surface area contributed by atoms with E-state index >= 15 is 0 Å². The lowest BCUT2D eigenvalue weighted by Gasteiger charge is -2.35. The van der Waals surface area contributed by atoms with Crippen molar-refractivity contribution in [3.05, 3.63) is 52.3 Å². The first-order valence-electron chi connectivity index (χ1n) is 6.46. The van der Waals surface area contributed by atoms with E-state index in [1.54, 1.807) is 0 Å². The van der Waals surface area contributed by atoms with E-state index in [9.17, 15) is 29.9 Å². The number of aliphatic hydroxyl groups is 1. The van der Waals surface area contributed by atoms with Gasteiger partial charge in [-0.15, -0.1) is 0 Å². The Kier molecular flexibility index (Phi) is 4.43. The van der Waals surface area contributed by atoms with Crippen molar-refractivity contribution in [2.45, 2.75) is 24.9 Å². The Morgan fingerprint density at radius 1 is 1.52 bits per heavy atom. The van der Waals surface area contributed by atoms with Gasteiger partial charge in [0.25, 0.3) is 5.69 Å². The van der Waals surface area contributed by atoms with E-state index in [0.717, 1.165) is 0 Å². The predicted molar refractivity (Wildman–Crippen MR) is 74.1 cm³/mol. The van der Waals surface area contributed by atoms with Crippen molar-refractivity contribution in [2.75, 3.05) is 0 Å². The molecule has 0 radical (unpaired) electrons. The minimum absolute atomic E-state index is 0.124. The van der Waals surface area contributed by atoms with Crippen LogP contribution in [0.15, 0.2) is 36.6 Å². The zero-order valence-corrected chi connectivity index (χ0v) is 11.8. The molecule has 9 nitrogen and oxygen atoms in total. The van der Waals surface area contributed by atoms with Gasteiger partial charge in [-0.3, -0.25) is 14.9 Å². The summed E-state index contributed by atoms with van der Waals surface area (Å²) < 4.78 is 10.1. The fourth-order valence-electron chi connectivity index (χ4n) is 2.11. The van der Waals surface area contributed by atoms with Crippen LogP contribution in [0.3, 0.4) is 0 Å². The molecule has 1 fully saturated rings. The van der Waals surface area contributed by atoms with Crippen LogP contribution in [-0.4, -0.2) is 38.8 Å². The summed E-state index contributed by atoms with van der Waals surface area (Å²) in [5.41, 5.74) is -0.127. The lowest BCUT2D eigenvalue weighted by atomic mass is 10.00. The van der Waals surface area contributed by atoms with Crippen molar-refractivity contribution < 1.29 is 34.2 Å². The molecule has 2 N–H and O–H groups in total. The Balaban J connectivity index is 2.25. The van der Waals surface area contributed by atoms with Crippen molar-refractivity contribution in [2.24, 2.45) is 0 Å². The summed E-state index contributed by atoms with van der Waals surface area (Å²) in [5, 5.41) is 29.9. The number of nitrogens with zero attached hydrogens (tertiary/aromatic N) is 1. The summed E-state index contributed by atoms with van der Waals surface area (Å²) in [5.74, 6) is -5.30. The molecule has 9 heteroatoms. The number of ketones is 1. The number of carboxylic acid groups (broad SMARTS) is 1. The number of hydrogen-bond acceptors (Lipinski definition) is 7. The average molecular weight is 323 g/mol. The normalized spacial score (nSPS) is 24.1. The molecular weight excluding hydrogens is 310 g/mol. The van der Waals surface area contributed by atoms with Crippen molar-refractivity contribution in [3.63, 3.8) is 0 Å². The molecule has 0 saturated carbocycles. The van der Waals surface area contributed by atoms with Gasteiger partial charge < -0.3 is 19.7 Å². The Morgan fingerprint density at radius 3 is 2.74 bits per heavy atom. The highest BCUT2D eigenvalue weighted by molar-refractivity contribution is 5.98. The Bertz CT molecular complexity index is 685. The van der Waals surface area contributed by atoms with Gasteiger partial charge in [0.15, 0.2) is 5.76 Å². The van der Waals surface area contributed by atoms with E-state index < -0.39 is 47.4 Å². The average Bonchev–Trinajstić information content (AvgIpc) is 2.50. The Labute approximate surface area is 129 Å². The molecule has 122 valence electrons. The van der Waals surface area contributed by atoms with E-state index in [2.05, 4.69) is 6.58 Å². The van der Waals surface area contributed by atoms with E-state index in [4.69, 9.17) is 9.47 Å². The van der Waals surface area contributed by atoms with Gasteiger partial charge in [-0.05, 0) is 6.07 Å². The SMILES string of the molecule is C=C1O[C@@](OCc2ccccc2[N+](=O)[O-])(C(=O)O)C[C@@H](O)C1=O. The molecule has 1 aromatic rings. The zero-order chi connectivity index (χ0) is 17.2. The third-order valence-corrected chi connectivity index (χ3v) is 3.30. The first kappa shape index (κ1) is 16.6. The highest BCUT2D eigenvalue weighted by atomic mass is 16.7. The molecule has 0 spiro atoms. The molecule has 1 aliphatic rings. The van der Waals surface area contributed by atoms with Crippen molar-refractivity contribution in [1.29, 1.82) is 0 Å². The molecule has 1 saturated heterocycles. The molecule has 2 rings (SSSR count). The third kappa shape index (κ3) is 3.20. The maximum Gasteiger partial charge on any atom is 0.377 e. The first-order chi connectivity index (χ1) is 10.8. The summed E-state index contributed by atoms with van der Waals surface area (Å²) in [6, 6.07) is 5.62. The highest BCUT2D eigenvalue weighted by Crippen LogP contribution is 2.32. The lowest BCUT2D eigenvalue weighted by molar-refractivity contribution is -0.386. The van der Waals surface area contributed by atoms with Crippen LogP contribution < -0.4 is 0 Å². The smallest absolute Gasteiger partial charge is 0.377 e. The lowest BCUT2D eigenvalue weighted by Crippen LogP contribution is -2.52. The predicted octanol–water partition coefficient (Wildman–Crippen LogP) is 0.756. The maximum atomic E-state index is 11.5. The first-order valence-corrected chi connectivity index (χ1v) is 6.46. The largest absolute Gasteiger partial charge is 0.476 e. The molecule has 1 aromatic carbocycles. The molecule has 2 atom stereocenters. The number of benzene rings is 1. The molecule has 0 bridgehead atoms. The van der Waals surface area contributed by atoms with Crippen LogP contribution >= 0.6 is 0 Å². The van der Waals surface area contributed by atoms with Crippen LogP contribution in [0, 0.1) is 10.1 Å². The number of ether oxygens (including phenoxy) is 2. The number of carbonyl (C=O) groups excluding carboxylic acids is 1. The van der Waals surface area contributed by atoms with Gasteiger partial charge >= 0.3 is 11.8 Å². The van der Waals surface area contributed by atoms with Crippen LogP contribution in [0.5, 0.6) is 0 Å². The fourth-order valence-corrected chi connectivity index (χ4v) is 2.11. The summed E-state index contributed by atoms with van der Waals surface area (Å²) in [7, 11) is 0. The van der Waals surface area contributed by atoms with Crippen molar-refractivity contribution >= 4 is 17.4 Å². The number of aliphatic hydroxyl groups excluding tert-OH is 1. The van der Waals surface area contributed by atoms with Gasteiger partial charge in [-0.25, -0.2) is 4.79 Å². The second-order valence-corrected chi connectivity index (χ2v) is 4.84. The molecule has 0 amide bonds. The van der Waals surface area contributed by atoms with E-state index in [1.807, 2.05) is 0 Å². The maximum absolute atomic E-state index is 11.5. The van der Waals surface area contributed by atoms with E-state index in [-0.39, 0.29) is 11.3 Å². The molecular formula is C14H13NO8. The van der Waals surface area contributed by atoms with Gasteiger partial charge in [0, 0.05) is 6.07 Å². The number of nitro groups is 1. The van der Waals surface area contributed by atoms with Gasteiger partial charge in [0.2, 0.25) is 5.78 Å². The standard InChI is InChI=1S/C14H13NO8/c1-8-12(17)11(16)6-14(23-8,13(18)19)22-7-9-4-2-3-5-10(9)15(20)21/h2-5,11,16H,1,6-7H2,(H,18,19)/t11-,14-/m1/s1. The minimum atomic E-state index is -2.34. The van der Waals surface area contributed by atoms with Gasteiger partial charge in [0.1, 0.15) is 6.10 Å². The van der Waals surface area contributed by atoms with Crippen LogP contribution in [0.2, 0.25) is 0 Å². The third-order valence-electron chi connectivity index (χ3n) is 3.30. The van der Waals surface area contributed by atoms with Crippen LogP contribution in [0.4, 0.5) is 5.69 Å². The van der Waals surface area contributed by atoms with Crippen LogP contribution in [0.1, 0.15) is 12.0 Å². The molecule has 1 aliphatic heterocycles. The number of rotatable bonds is 5. The number of aliphatic carboxylic acids is 1. The number of hydrogen-bond donors (Lipinski definition) is 2. The number of nitro benzene ring substituents is 1. The van der Waals surface area contributed by atoms with Crippen LogP contribution in [0.25, 0.3) is 0 Å². The minimum Gasteiger partial charge on any atom is -0.476 e. The molecule has 0 aromatic heterocycles. The molecule has 23 heavy (non-hydrogen) atoms. The second kappa shape index (κ2) is 6.15. The molecule has 0 unspecified atom stereocenters. The summed E-state index contributed by atoms with van der Waals surface area (Å²) in [6.45, 7) is 2.78. The Hall–Kier alpha value is -2.78. The summed E-state index contributed by atoms with van der Waals surface area (Å²) in [6.07, 6.45) is -2.29. The van der Waals surface area contributed by atoms with Crippen molar-refractivity contribution in [3.8, 4) is 0 Å². The van der Waals surface area contributed by atoms with Gasteiger partial charge in [-0.2, -0.15) is 0 Å². The number of carboxylic acids is 1. The number of carbonyl (C=O) groups is 2. The van der Waals surface area contributed by atoms with E-state index in [1.165, 1.54) is 24.3 Å². The monoisotopic (exact) mass is 323 g/mol. The quantitative estimate of drug-likeness (QED) is 0.460. The summed E-state index contributed by atoms with van der Waals surface area (Å²) >= 11 is 0. The topological polar surface area (TPSA) is 136 Å². The molecule has 1 heterocycles. The Morgan fingerprint density at radius 2 is 2.17 bits per heavy atom. The highest BCUT2D eigenvalue weighted by Gasteiger charge is 2.51. The second-order valence-electron chi connectivity index (χ2n) is 4.84. The number of Topliss-reactive ketones (excluding diaryl/α,β-unsaturated/α-hetero) is 1. The van der Waals surface area contributed by atoms with Gasteiger partial charge in [-0.1, -0.05) is 18.7 Å². The number of para-hydroxylation sites is 1. The molecule has 0 aliphatic carbocycles. The fraction of sp³-hybridized carbons (Fsp3) is 0.286. The van der Waals surface area contributed by atoms with Gasteiger partial charge in [0.05, 0.1) is 23.5 Å². The van der Waals surface area contributed by atoms with Crippen LogP contribution in [-0.2, 0) is 25.7 Å². The van der Waals surface area contributed by atoms with Crippen molar-refractivity contribution in [1.82, 2.24) is 0 Å².